The Morgan fingerprint density at radius 2 is 2.13 bits per heavy atom. The van der Waals surface area contributed by atoms with Crippen molar-refractivity contribution in [2.75, 3.05) is 11.9 Å². The van der Waals surface area contributed by atoms with Crippen LogP contribution in [0.15, 0.2) is 24.3 Å². The molecule has 0 aliphatic rings. The molecule has 1 atom stereocenters. The lowest BCUT2D eigenvalue weighted by Gasteiger charge is -2.12. The molecular formula is C13H18N2. The van der Waals surface area contributed by atoms with Crippen molar-refractivity contribution in [1.29, 1.82) is 5.26 Å². The van der Waals surface area contributed by atoms with Crippen molar-refractivity contribution in [2.24, 2.45) is 5.92 Å². The second-order valence-electron chi connectivity index (χ2n) is 3.82. The molecule has 0 spiro atoms. The number of nitrogens with zero attached hydrogens (tertiary/aromatic N) is 1. The topological polar surface area (TPSA) is 35.8 Å². The van der Waals surface area contributed by atoms with Crippen molar-refractivity contribution in [3.05, 3.63) is 29.8 Å². The summed E-state index contributed by atoms with van der Waals surface area (Å²) in [5.74, 6) is 0.0553. The lowest BCUT2D eigenvalue weighted by molar-refractivity contribution is 0.783. The average Bonchev–Trinajstić information content (AvgIpc) is 2.28. The highest BCUT2D eigenvalue weighted by atomic mass is 14.9. The Balaban J connectivity index is 2.63. The Morgan fingerprint density at radius 3 is 2.80 bits per heavy atom. The van der Waals surface area contributed by atoms with Crippen LogP contribution in [0.3, 0.4) is 0 Å². The van der Waals surface area contributed by atoms with Crippen molar-refractivity contribution in [2.45, 2.75) is 26.7 Å². The van der Waals surface area contributed by atoms with Crippen LogP contribution in [0.25, 0.3) is 0 Å². The first-order valence-electron chi connectivity index (χ1n) is 5.49. The molecule has 0 bridgehead atoms. The maximum Gasteiger partial charge on any atom is 0.0671 e. The predicted molar refractivity (Wildman–Crippen MR) is 63.7 cm³/mol. The van der Waals surface area contributed by atoms with E-state index in [1.54, 1.807) is 0 Å². The number of para-hydroxylation sites is 1. The Bertz CT molecular complexity index is 339. The molecule has 2 heteroatoms. The van der Waals surface area contributed by atoms with Crippen LogP contribution in [-0.2, 0) is 6.42 Å². The molecule has 0 aromatic heterocycles. The Kier molecular flexibility index (Phi) is 4.70. The molecule has 0 radical (unpaired) electrons. The smallest absolute Gasteiger partial charge is 0.0671 e. The zero-order chi connectivity index (χ0) is 11.1. The summed E-state index contributed by atoms with van der Waals surface area (Å²) in [5.41, 5.74) is 2.51. The van der Waals surface area contributed by atoms with E-state index in [1.807, 2.05) is 13.0 Å². The van der Waals surface area contributed by atoms with Crippen LogP contribution in [0, 0.1) is 17.2 Å². The van der Waals surface area contributed by atoms with Crippen LogP contribution in [0.4, 0.5) is 5.69 Å². The van der Waals surface area contributed by atoms with Gasteiger partial charge >= 0.3 is 0 Å². The van der Waals surface area contributed by atoms with Crippen LogP contribution in [-0.4, -0.2) is 6.54 Å². The third-order valence-corrected chi connectivity index (χ3v) is 2.36. The summed E-state index contributed by atoms with van der Waals surface area (Å²) in [6.07, 6.45) is 2.23. The molecule has 80 valence electrons. The van der Waals surface area contributed by atoms with Crippen LogP contribution in [0.1, 0.15) is 25.8 Å². The number of aryl methyl sites for hydroxylation is 1. The lowest BCUT2D eigenvalue weighted by Crippen LogP contribution is -2.10. The summed E-state index contributed by atoms with van der Waals surface area (Å²) in [4.78, 5) is 0. The number of hydrogen-bond acceptors (Lipinski definition) is 2. The quantitative estimate of drug-likeness (QED) is 0.795. The summed E-state index contributed by atoms with van der Waals surface area (Å²) in [6.45, 7) is 4.82. The molecule has 15 heavy (non-hydrogen) atoms. The summed E-state index contributed by atoms with van der Waals surface area (Å²) in [7, 11) is 0. The average molecular weight is 202 g/mol. The minimum absolute atomic E-state index is 0.0553. The van der Waals surface area contributed by atoms with Crippen molar-refractivity contribution in [3.8, 4) is 6.07 Å². The monoisotopic (exact) mass is 202 g/mol. The molecule has 0 fully saturated rings. The minimum atomic E-state index is 0.0553. The van der Waals surface area contributed by atoms with E-state index < -0.39 is 0 Å². The molecule has 0 saturated carbocycles. The second kappa shape index (κ2) is 6.08. The van der Waals surface area contributed by atoms with Crippen molar-refractivity contribution in [3.63, 3.8) is 0 Å². The van der Waals surface area contributed by atoms with Gasteiger partial charge in [0, 0.05) is 12.2 Å². The van der Waals surface area contributed by atoms with Gasteiger partial charge in [0.05, 0.1) is 12.0 Å². The number of benzene rings is 1. The van der Waals surface area contributed by atoms with E-state index in [2.05, 4.69) is 36.5 Å². The molecule has 2 nitrogen and oxygen atoms in total. The molecule has 0 amide bonds. The van der Waals surface area contributed by atoms with Gasteiger partial charge in [-0.1, -0.05) is 31.5 Å². The lowest BCUT2D eigenvalue weighted by atomic mass is 10.1. The van der Waals surface area contributed by atoms with E-state index in [-0.39, 0.29) is 5.92 Å². The fourth-order valence-electron chi connectivity index (χ4n) is 1.49. The van der Waals surface area contributed by atoms with Crippen LogP contribution in [0.5, 0.6) is 0 Å². The molecular weight excluding hydrogens is 184 g/mol. The van der Waals surface area contributed by atoms with E-state index in [4.69, 9.17) is 5.26 Å². The van der Waals surface area contributed by atoms with Crippen LogP contribution in [0.2, 0.25) is 0 Å². The second-order valence-corrected chi connectivity index (χ2v) is 3.82. The number of hydrogen-bond donors (Lipinski definition) is 1. The minimum Gasteiger partial charge on any atom is -0.384 e. The van der Waals surface area contributed by atoms with Crippen molar-refractivity contribution < 1.29 is 0 Å². The normalized spacial score (nSPS) is 11.8. The zero-order valence-electron chi connectivity index (χ0n) is 9.46. The van der Waals surface area contributed by atoms with Gasteiger partial charge in [0.25, 0.3) is 0 Å². The zero-order valence-corrected chi connectivity index (χ0v) is 9.46. The third-order valence-electron chi connectivity index (χ3n) is 2.36. The van der Waals surface area contributed by atoms with Crippen molar-refractivity contribution in [1.82, 2.24) is 0 Å². The molecule has 0 heterocycles. The summed E-state index contributed by atoms with van der Waals surface area (Å²) in [6, 6.07) is 10.5. The predicted octanol–water partition coefficient (Wildman–Crippen LogP) is 3.21. The highest BCUT2D eigenvalue weighted by molar-refractivity contribution is 5.51. The van der Waals surface area contributed by atoms with Crippen molar-refractivity contribution >= 4 is 5.69 Å². The molecule has 1 rings (SSSR count). The van der Waals surface area contributed by atoms with Gasteiger partial charge in [0.2, 0.25) is 0 Å². The summed E-state index contributed by atoms with van der Waals surface area (Å²) in [5, 5.41) is 12.0. The van der Waals surface area contributed by atoms with Gasteiger partial charge in [0.15, 0.2) is 0 Å². The SMILES string of the molecule is CCCc1ccccc1NCC(C)C#N. The standard InChI is InChI=1S/C13H18N2/c1-3-6-12-7-4-5-8-13(12)15-10-11(2)9-14/h4-5,7-8,11,15H,3,6,10H2,1-2H3. The number of nitrogens with one attached hydrogen (secondary N) is 1. The molecule has 1 aromatic rings. The van der Waals surface area contributed by atoms with E-state index >= 15 is 0 Å². The van der Waals surface area contributed by atoms with Gasteiger partial charge in [-0.25, -0.2) is 0 Å². The first-order chi connectivity index (χ1) is 7.27. The molecule has 1 aromatic carbocycles. The van der Waals surface area contributed by atoms with Crippen LogP contribution < -0.4 is 5.32 Å². The van der Waals surface area contributed by atoms with E-state index in [9.17, 15) is 0 Å². The molecule has 0 aliphatic carbocycles. The fraction of sp³-hybridized carbons (Fsp3) is 0.462. The van der Waals surface area contributed by atoms with Gasteiger partial charge in [-0.15, -0.1) is 0 Å². The van der Waals surface area contributed by atoms with Gasteiger partial charge in [-0.2, -0.15) is 5.26 Å². The van der Waals surface area contributed by atoms with E-state index in [1.165, 1.54) is 11.3 Å². The summed E-state index contributed by atoms with van der Waals surface area (Å²) >= 11 is 0. The first-order valence-corrected chi connectivity index (χ1v) is 5.49. The maximum absolute atomic E-state index is 8.70. The Morgan fingerprint density at radius 1 is 1.40 bits per heavy atom. The number of nitriles is 1. The Labute approximate surface area is 91.9 Å². The maximum atomic E-state index is 8.70. The molecule has 0 saturated heterocycles. The van der Waals surface area contributed by atoms with Gasteiger partial charge in [0.1, 0.15) is 0 Å². The van der Waals surface area contributed by atoms with E-state index in [0.29, 0.717) is 0 Å². The molecule has 0 aliphatic heterocycles. The molecule has 1 unspecified atom stereocenters. The fourth-order valence-corrected chi connectivity index (χ4v) is 1.49. The first kappa shape index (κ1) is 11.6. The Hall–Kier alpha value is -1.49. The summed E-state index contributed by atoms with van der Waals surface area (Å²) < 4.78 is 0. The van der Waals surface area contributed by atoms with Gasteiger partial charge in [-0.3, -0.25) is 0 Å². The van der Waals surface area contributed by atoms with Crippen LogP contribution >= 0.6 is 0 Å². The van der Waals surface area contributed by atoms with Gasteiger partial charge in [-0.05, 0) is 25.0 Å². The highest BCUT2D eigenvalue weighted by Crippen LogP contribution is 2.16. The largest absolute Gasteiger partial charge is 0.384 e. The van der Waals surface area contributed by atoms with Gasteiger partial charge < -0.3 is 5.32 Å². The number of anilines is 1. The number of rotatable bonds is 5. The highest BCUT2D eigenvalue weighted by Gasteiger charge is 2.02. The molecule has 1 N–H and O–H groups in total. The third kappa shape index (κ3) is 3.63. The van der Waals surface area contributed by atoms with E-state index in [0.717, 1.165) is 19.4 Å².